The van der Waals surface area contributed by atoms with Crippen LogP contribution in [0.4, 0.5) is 0 Å². The number of hydrogen-bond donors (Lipinski definition) is 3. The van der Waals surface area contributed by atoms with E-state index < -0.39 is 18.0 Å². The van der Waals surface area contributed by atoms with Crippen LogP contribution in [0.15, 0.2) is 0 Å². The first-order chi connectivity index (χ1) is 5.57. The zero-order valence-corrected chi connectivity index (χ0v) is 6.28. The Hall–Kier alpha value is -1.54. The van der Waals surface area contributed by atoms with E-state index in [4.69, 9.17) is 16.6 Å². The molecule has 0 aromatic heterocycles. The third kappa shape index (κ3) is 4.30. The maximum absolute atomic E-state index is 10.6. The lowest BCUT2D eigenvalue weighted by Gasteiger charge is -2.05. The van der Waals surface area contributed by atoms with Gasteiger partial charge in [0, 0.05) is 0 Å². The zero-order valence-electron chi connectivity index (χ0n) is 6.28. The quantitative estimate of drug-likeness (QED) is 0.453. The number of terminal acetylenes is 1. The molecule has 66 valence electrons. The molecule has 12 heavy (non-hydrogen) atoms. The molecule has 3 N–H and O–H groups in total. The third-order valence-electron chi connectivity index (χ3n) is 1.04. The Morgan fingerprint density at radius 2 is 2.17 bits per heavy atom. The second-order valence-corrected chi connectivity index (χ2v) is 2.04. The van der Waals surface area contributed by atoms with Crippen molar-refractivity contribution in [3.8, 4) is 12.3 Å². The van der Waals surface area contributed by atoms with Gasteiger partial charge in [-0.2, -0.15) is 0 Å². The molecule has 0 spiro atoms. The van der Waals surface area contributed by atoms with E-state index in [9.17, 15) is 9.59 Å². The van der Waals surface area contributed by atoms with Crippen LogP contribution < -0.4 is 5.32 Å². The normalized spacial score (nSPS) is 11.3. The number of carbonyl (C=O) groups excluding carboxylic acids is 1. The van der Waals surface area contributed by atoms with Crippen molar-refractivity contribution in [1.82, 2.24) is 5.32 Å². The highest BCUT2D eigenvalue weighted by Gasteiger charge is 2.13. The molecule has 0 bridgehead atoms. The van der Waals surface area contributed by atoms with Crippen molar-refractivity contribution in [2.24, 2.45) is 0 Å². The van der Waals surface area contributed by atoms with Gasteiger partial charge >= 0.3 is 5.97 Å². The molecule has 0 fully saturated rings. The predicted molar refractivity (Wildman–Crippen MR) is 40.1 cm³/mol. The number of aliphatic hydroxyl groups excluding tert-OH is 1. The number of carboxylic acids is 1. The Balaban J connectivity index is 3.63. The highest BCUT2D eigenvalue weighted by Crippen LogP contribution is 1.81. The van der Waals surface area contributed by atoms with Crippen molar-refractivity contribution in [2.45, 2.75) is 12.5 Å². The Kier molecular flexibility index (Phi) is 4.49. The van der Waals surface area contributed by atoms with Crippen molar-refractivity contribution in [1.29, 1.82) is 0 Å². The van der Waals surface area contributed by atoms with Gasteiger partial charge in [-0.1, -0.05) is 5.92 Å². The minimum Gasteiger partial charge on any atom is -0.479 e. The van der Waals surface area contributed by atoms with Crippen molar-refractivity contribution in [3.05, 3.63) is 0 Å². The number of hydrogen-bond acceptors (Lipinski definition) is 3. The van der Waals surface area contributed by atoms with Gasteiger partial charge < -0.3 is 15.5 Å². The van der Waals surface area contributed by atoms with Crippen LogP contribution >= 0.6 is 0 Å². The smallest absolute Gasteiger partial charge is 0.334 e. The van der Waals surface area contributed by atoms with E-state index in [1.165, 1.54) is 0 Å². The Bertz CT molecular complexity index is 218. The third-order valence-corrected chi connectivity index (χ3v) is 1.04. The maximum atomic E-state index is 10.6. The molecule has 1 unspecified atom stereocenters. The molecule has 5 nitrogen and oxygen atoms in total. The van der Waals surface area contributed by atoms with Gasteiger partial charge in [-0.3, -0.25) is 4.79 Å². The van der Waals surface area contributed by atoms with Crippen molar-refractivity contribution in [3.63, 3.8) is 0 Å². The number of aliphatic carboxylic acids is 1. The molecule has 0 saturated carbocycles. The summed E-state index contributed by atoms with van der Waals surface area (Å²) >= 11 is 0. The number of nitrogens with one attached hydrogen (secondary N) is 1. The molecular formula is C7H9NO4. The van der Waals surface area contributed by atoms with Gasteiger partial charge in [-0.25, -0.2) is 4.79 Å². The number of amides is 1. The van der Waals surface area contributed by atoms with Crippen molar-refractivity contribution < 1.29 is 19.8 Å². The fourth-order valence-corrected chi connectivity index (χ4v) is 0.453. The summed E-state index contributed by atoms with van der Waals surface area (Å²) in [6.07, 6.45) is 3.11. The van der Waals surface area contributed by atoms with E-state index >= 15 is 0 Å². The molecule has 0 aromatic carbocycles. The summed E-state index contributed by atoms with van der Waals surface area (Å²) in [5.41, 5.74) is 0. The highest BCUT2D eigenvalue weighted by molar-refractivity contribution is 5.79. The summed E-state index contributed by atoms with van der Waals surface area (Å²) in [6, 6.07) is 0. The van der Waals surface area contributed by atoms with Gasteiger partial charge in [-0.15, -0.1) is 6.42 Å². The molecule has 0 aromatic rings. The maximum Gasteiger partial charge on any atom is 0.334 e. The molecule has 0 saturated heterocycles. The Morgan fingerprint density at radius 3 is 2.58 bits per heavy atom. The lowest BCUT2D eigenvalue weighted by atomic mass is 10.3. The summed E-state index contributed by atoms with van der Waals surface area (Å²) in [5.74, 6) is 0.226. The zero-order chi connectivity index (χ0) is 9.56. The van der Waals surface area contributed by atoms with E-state index in [1.807, 2.05) is 0 Å². The summed E-state index contributed by atoms with van der Waals surface area (Å²) < 4.78 is 0. The van der Waals surface area contributed by atoms with Gasteiger partial charge in [0.25, 0.3) is 0 Å². The fraction of sp³-hybridized carbons (Fsp3) is 0.429. The SMILES string of the molecule is C#CCC(=O)NCC(O)C(=O)O. The lowest BCUT2D eigenvalue weighted by Crippen LogP contribution is -2.36. The first-order valence-corrected chi connectivity index (χ1v) is 3.19. The van der Waals surface area contributed by atoms with Crippen LogP contribution in [0.1, 0.15) is 6.42 Å². The molecule has 0 heterocycles. The van der Waals surface area contributed by atoms with Crippen LogP contribution in [-0.2, 0) is 9.59 Å². The second kappa shape index (κ2) is 5.16. The van der Waals surface area contributed by atoms with Crippen LogP contribution in [0.25, 0.3) is 0 Å². The fourth-order valence-electron chi connectivity index (χ4n) is 0.453. The average Bonchev–Trinajstić information content (AvgIpc) is 2.00. The molecule has 0 aliphatic rings. The van der Waals surface area contributed by atoms with E-state index in [0.29, 0.717) is 0 Å². The van der Waals surface area contributed by atoms with Crippen LogP contribution in [0.2, 0.25) is 0 Å². The van der Waals surface area contributed by atoms with Crippen LogP contribution in [0.5, 0.6) is 0 Å². The molecule has 0 aliphatic carbocycles. The predicted octanol–water partition coefficient (Wildman–Crippen LogP) is -1.43. The van der Waals surface area contributed by atoms with Crippen molar-refractivity contribution >= 4 is 11.9 Å². The van der Waals surface area contributed by atoms with E-state index in [1.54, 1.807) is 0 Å². The first-order valence-electron chi connectivity index (χ1n) is 3.19. The summed E-state index contributed by atoms with van der Waals surface area (Å²) in [5, 5.41) is 19.0. The molecule has 0 rings (SSSR count). The van der Waals surface area contributed by atoms with E-state index in [-0.39, 0.29) is 13.0 Å². The first kappa shape index (κ1) is 10.5. The number of rotatable bonds is 4. The average molecular weight is 171 g/mol. The van der Waals surface area contributed by atoms with Crippen LogP contribution in [0, 0.1) is 12.3 Å². The van der Waals surface area contributed by atoms with Gasteiger partial charge in [0.1, 0.15) is 0 Å². The minimum absolute atomic E-state index is 0.119. The highest BCUT2D eigenvalue weighted by atomic mass is 16.4. The molecule has 0 aliphatic heterocycles. The standard InChI is InChI=1S/C7H9NO4/c1-2-3-6(10)8-4-5(9)7(11)12/h1,5,9H,3-4H2,(H,8,10)(H,11,12). The summed E-state index contributed by atoms with van der Waals surface area (Å²) in [7, 11) is 0. The number of carboxylic acid groups (broad SMARTS) is 1. The van der Waals surface area contributed by atoms with E-state index in [0.717, 1.165) is 0 Å². The number of aliphatic hydroxyl groups is 1. The van der Waals surface area contributed by atoms with Gasteiger partial charge in [0.15, 0.2) is 6.10 Å². The summed E-state index contributed by atoms with van der Waals surface area (Å²) in [6.45, 7) is -0.324. The monoisotopic (exact) mass is 171 g/mol. The lowest BCUT2D eigenvalue weighted by molar-refractivity contribution is -0.146. The minimum atomic E-state index is -1.58. The Morgan fingerprint density at radius 1 is 1.58 bits per heavy atom. The number of carbonyl (C=O) groups is 2. The van der Waals surface area contributed by atoms with Gasteiger partial charge in [-0.05, 0) is 0 Å². The topological polar surface area (TPSA) is 86.6 Å². The molecule has 1 amide bonds. The Labute approximate surface area is 69.4 Å². The summed E-state index contributed by atoms with van der Waals surface area (Å²) in [4.78, 5) is 20.6. The largest absolute Gasteiger partial charge is 0.479 e. The van der Waals surface area contributed by atoms with Gasteiger partial charge in [0.05, 0.1) is 13.0 Å². The second-order valence-electron chi connectivity index (χ2n) is 2.04. The molecule has 0 radical (unpaired) electrons. The van der Waals surface area contributed by atoms with E-state index in [2.05, 4.69) is 11.2 Å². The van der Waals surface area contributed by atoms with Crippen molar-refractivity contribution in [2.75, 3.05) is 6.54 Å². The van der Waals surface area contributed by atoms with Gasteiger partial charge in [0.2, 0.25) is 5.91 Å². The molecule has 1 atom stereocenters. The van der Waals surface area contributed by atoms with Crippen LogP contribution in [0.3, 0.4) is 0 Å². The molecular weight excluding hydrogens is 162 g/mol. The van der Waals surface area contributed by atoms with Crippen LogP contribution in [-0.4, -0.2) is 34.7 Å². The molecule has 5 heteroatoms.